The quantitative estimate of drug-likeness (QED) is 0.346. The van der Waals surface area contributed by atoms with Gasteiger partial charge in [-0.2, -0.15) is 0 Å². The van der Waals surface area contributed by atoms with Crippen LogP contribution in [0.3, 0.4) is 0 Å². The first-order valence-corrected chi connectivity index (χ1v) is 9.18. The molecular weight excluding hydrogens is 384 g/mol. The van der Waals surface area contributed by atoms with Crippen LogP contribution in [0, 0.1) is 17.0 Å². The number of rotatable bonds is 8. The maximum Gasteiger partial charge on any atom is 0.277 e. The molecule has 0 atom stereocenters. The van der Waals surface area contributed by atoms with Gasteiger partial charge in [-0.25, -0.2) is 0 Å². The molecule has 0 aliphatic heterocycles. The molecule has 0 unspecified atom stereocenters. The van der Waals surface area contributed by atoms with E-state index in [9.17, 15) is 14.9 Å². The highest BCUT2D eigenvalue weighted by molar-refractivity contribution is 7.99. The Morgan fingerprint density at radius 2 is 2.07 bits per heavy atom. The molecule has 0 radical (unpaired) electrons. The predicted octanol–water partition coefficient (Wildman–Crippen LogP) is 3.60. The Kier molecular flexibility index (Phi) is 6.22. The van der Waals surface area contributed by atoms with Crippen molar-refractivity contribution in [3.05, 3.63) is 70.1 Å². The zero-order valence-corrected chi connectivity index (χ0v) is 15.6. The summed E-state index contributed by atoms with van der Waals surface area (Å²) in [6.07, 6.45) is 0. The number of hydrogen-bond acceptors (Lipinski definition) is 8. The molecule has 0 aliphatic rings. The molecule has 0 fully saturated rings. The number of anilines is 1. The normalized spacial score (nSPS) is 10.5. The van der Waals surface area contributed by atoms with E-state index in [2.05, 4.69) is 15.5 Å². The number of hydrogen-bond donors (Lipinski definition) is 1. The van der Waals surface area contributed by atoms with Gasteiger partial charge in [0.05, 0.1) is 10.7 Å². The van der Waals surface area contributed by atoms with Gasteiger partial charge in [-0.05, 0) is 24.6 Å². The number of benzene rings is 2. The Bertz CT molecular complexity index is 991. The van der Waals surface area contributed by atoms with E-state index < -0.39 is 4.92 Å². The molecule has 1 heterocycles. The van der Waals surface area contributed by atoms with Gasteiger partial charge in [0, 0.05) is 17.8 Å². The molecule has 0 bridgehead atoms. The van der Waals surface area contributed by atoms with Crippen LogP contribution in [-0.2, 0) is 11.4 Å². The van der Waals surface area contributed by atoms with Crippen molar-refractivity contribution >= 4 is 29.0 Å². The lowest BCUT2D eigenvalue weighted by Gasteiger charge is -2.05. The fourth-order valence-corrected chi connectivity index (χ4v) is 2.81. The van der Waals surface area contributed by atoms with Crippen LogP contribution in [0.15, 0.2) is 58.2 Å². The van der Waals surface area contributed by atoms with Crippen molar-refractivity contribution in [1.82, 2.24) is 10.2 Å². The van der Waals surface area contributed by atoms with Crippen LogP contribution < -0.4 is 10.1 Å². The number of non-ortho nitro benzene ring substituents is 1. The van der Waals surface area contributed by atoms with Gasteiger partial charge in [-0.3, -0.25) is 14.9 Å². The van der Waals surface area contributed by atoms with Gasteiger partial charge in [-0.1, -0.05) is 36.0 Å². The molecule has 0 aliphatic carbocycles. The van der Waals surface area contributed by atoms with Crippen molar-refractivity contribution in [2.45, 2.75) is 18.8 Å². The number of nitrogens with zero attached hydrogens (tertiary/aromatic N) is 3. The number of para-hydroxylation sites is 1. The smallest absolute Gasteiger partial charge is 0.277 e. The number of nitro benzene ring substituents is 1. The summed E-state index contributed by atoms with van der Waals surface area (Å²) >= 11 is 1.06. The van der Waals surface area contributed by atoms with E-state index in [0.29, 0.717) is 11.6 Å². The first-order chi connectivity index (χ1) is 13.5. The number of carbonyl (C=O) groups is 1. The van der Waals surface area contributed by atoms with Crippen molar-refractivity contribution in [1.29, 1.82) is 0 Å². The fourth-order valence-electron chi connectivity index (χ4n) is 2.23. The monoisotopic (exact) mass is 400 g/mol. The summed E-state index contributed by atoms with van der Waals surface area (Å²) in [6.45, 7) is 2.06. The van der Waals surface area contributed by atoms with Crippen LogP contribution in [0.4, 0.5) is 11.4 Å². The lowest BCUT2D eigenvalue weighted by molar-refractivity contribution is -0.384. The highest BCUT2D eigenvalue weighted by atomic mass is 32.2. The van der Waals surface area contributed by atoms with Crippen molar-refractivity contribution in [2.24, 2.45) is 0 Å². The Balaban J connectivity index is 1.48. The van der Waals surface area contributed by atoms with Crippen LogP contribution in [0.2, 0.25) is 0 Å². The van der Waals surface area contributed by atoms with E-state index in [1.807, 2.05) is 31.2 Å². The maximum absolute atomic E-state index is 12.0. The van der Waals surface area contributed by atoms with E-state index in [-0.39, 0.29) is 29.2 Å². The molecule has 3 aromatic rings. The fraction of sp³-hybridized carbons (Fsp3) is 0.167. The Morgan fingerprint density at radius 3 is 2.86 bits per heavy atom. The summed E-state index contributed by atoms with van der Waals surface area (Å²) in [5.41, 5.74) is 1.24. The third kappa shape index (κ3) is 5.30. The second-order valence-corrected chi connectivity index (χ2v) is 6.59. The van der Waals surface area contributed by atoms with E-state index in [0.717, 1.165) is 23.1 Å². The second kappa shape index (κ2) is 9.00. The van der Waals surface area contributed by atoms with Gasteiger partial charge < -0.3 is 14.5 Å². The van der Waals surface area contributed by atoms with Crippen LogP contribution in [0.25, 0.3) is 0 Å². The maximum atomic E-state index is 12.0. The lowest BCUT2D eigenvalue weighted by Crippen LogP contribution is -2.14. The van der Waals surface area contributed by atoms with Crippen LogP contribution in [0.1, 0.15) is 11.5 Å². The topological polar surface area (TPSA) is 120 Å². The molecule has 144 valence electrons. The second-order valence-electron chi connectivity index (χ2n) is 5.66. The summed E-state index contributed by atoms with van der Waals surface area (Å²) in [6, 6.07) is 13.3. The molecule has 0 spiro atoms. The first-order valence-electron chi connectivity index (χ1n) is 8.19. The van der Waals surface area contributed by atoms with Gasteiger partial charge in [0.25, 0.3) is 16.8 Å². The largest absolute Gasteiger partial charge is 0.484 e. The molecular formula is C18H16N4O5S. The number of thioether (sulfide) groups is 1. The third-order valence-electron chi connectivity index (χ3n) is 3.56. The zero-order valence-electron chi connectivity index (χ0n) is 14.8. The van der Waals surface area contributed by atoms with Crippen molar-refractivity contribution in [2.75, 3.05) is 11.1 Å². The van der Waals surface area contributed by atoms with E-state index in [4.69, 9.17) is 9.15 Å². The molecule has 28 heavy (non-hydrogen) atoms. The van der Waals surface area contributed by atoms with Gasteiger partial charge in [0.1, 0.15) is 5.75 Å². The minimum atomic E-state index is -0.524. The molecule has 1 amide bonds. The molecule has 0 saturated carbocycles. The molecule has 1 N–H and O–H groups in total. The minimum Gasteiger partial charge on any atom is -0.484 e. The number of carbonyl (C=O) groups excluding carboxylic acids is 1. The van der Waals surface area contributed by atoms with E-state index >= 15 is 0 Å². The highest BCUT2D eigenvalue weighted by Gasteiger charge is 2.12. The molecule has 10 heteroatoms. The Labute approximate surface area is 164 Å². The molecule has 9 nitrogen and oxygen atoms in total. The SMILES string of the molecule is Cc1ccccc1OCc1nnc(SCC(=O)Nc2cccc([N+](=O)[O-])c2)o1. The van der Waals surface area contributed by atoms with E-state index in [1.54, 1.807) is 6.07 Å². The molecule has 3 rings (SSSR count). The van der Waals surface area contributed by atoms with Gasteiger partial charge in [0.2, 0.25) is 5.91 Å². The van der Waals surface area contributed by atoms with Gasteiger partial charge >= 0.3 is 0 Å². The van der Waals surface area contributed by atoms with Gasteiger partial charge in [-0.15, -0.1) is 10.2 Å². The zero-order chi connectivity index (χ0) is 19.9. The summed E-state index contributed by atoms with van der Waals surface area (Å²) in [5.74, 6) is 0.695. The summed E-state index contributed by atoms with van der Waals surface area (Å²) in [5, 5.41) is 21.3. The molecule has 1 aromatic heterocycles. The Hall–Kier alpha value is -3.40. The predicted molar refractivity (Wildman–Crippen MR) is 102 cm³/mol. The van der Waals surface area contributed by atoms with E-state index in [1.165, 1.54) is 18.2 Å². The average molecular weight is 400 g/mol. The van der Waals surface area contributed by atoms with Crippen LogP contribution in [0.5, 0.6) is 5.75 Å². The van der Waals surface area contributed by atoms with Crippen LogP contribution in [-0.4, -0.2) is 26.8 Å². The van der Waals surface area contributed by atoms with Crippen molar-refractivity contribution < 1.29 is 18.9 Å². The number of aromatic nitrogens is 2. The van der Waals surface area contributed by atoms with Crippen LogP contribution >= 0.6 is 11.8 Å². The molecule has 2 aromatic carbocycles. The first kappa shape index (κ1) is 19.4. The van der Waals surface area contributed by atoms with Crippen molar-refractivity contribution in [3.8, 4) is 5.75 Å². The number of ether oxygens (including phenoxy) is 1. The van der Waals surface area contributed by atoms with Gasteiger partial charge in [0.15, 0.2) is 6.61 Å². The number of nitrogens with one attached hydrogen (secondary N) is 1. The Morgan fingerprint density at radius 1 is 1.25 bits per heavy atom. The molecule has 0 saturated heterocycles. The number of amides is 1. The summed E-state index contributed by atoms with van der Waals surface area (Å²) in [4.78, 5) is 22.2. The number of aryl methyl sites for hydroxylation is 1. The lowest BCUT2D eigenvalue weighted by atomic mass is 10.2. The summed E-state index contributed by atoms with van der Waals surface area (Å²) in [7, 11) is 0. The average Bonchev–Trinajstić information content (AvgIpc) is 3.14. The third-order valence-corrected chi connectivity index (χ3v) is 4.38. The highest BCUT2D eigenvalue weighted by Crippen LogP contribution is 2.21. The number of nitro groups is 1. The van der Waals surface area contributed by atoms with Crippen molar-refractivity contribution in [3.63, 3.8) is 0 Å². The standard InChI is InChI=1S/C18H16N4O5S/c1-12-5-2-3-8-15(12)26-10-17-20-21-18(27-17)28-11-16(23)19-13-6-4-7-14(9-13)22(24)25/h2-9H,10-11H2,1H3,(H,19,23). The minimum absolute atomic E-state index is 0.0168. The summed E-state index contributed by atoms with van der Waals surface area (Å²) < 4.78 is 11.1.